The predicted octanol–water partition coefficient (Wildman–Crippen LogP) is 4.07. The van der Waals surface area contributed by atoms with Crippen LogP contribution in [0.4, 0.5) is 0 Å². The molecule has 0 saturated carbocycles. The average molecular weight is 375 g/mol. The Morgan fingerprint density at radius 2 is 1.64 bits per heavy atom. The molecular formula is C23H25N3O2. The fourth-order valence-electron chi connectivity index (χ4n) is 2.93. The Bertz CT molecular complexity index is 907. The van der Waals surface area contributed by atoms with Crippen molar-refractivity contribution in [2.24, 2.45) is 0 Å². The van der Waals surface area contributed by atoms with E-state index in [9.17, 15) is 9.90 Å². The molecular weight excluding hydrogens is 350 g/mol. The highest BCUT2D eigenvalue weighted by Gasteiger charge is 2.17. The number of rotatable bonds is 6. The van der Waals surface area contributed by atoms with Crippen LogP contribution in [0.3, 0.4) is 0 Å². The van der Waals surface area contributed by atoms with Gasteiger partial charge in [0.05, 0.1) is 24.0 Å². The van der Waals surface area contributed by atoms with Crippen LogP contribution >= 0.6 is 0 Å². The number of carbonyl (C=O) groups is 1. The zero-order chi connectivity index (χ0) is 20.1. The van der Waals surface area contributed by atoms with Gasteiger partial charge in [0, 0.05) is 18.2 Å². The van der Waals surface area contributed by atoms with Crippen LogP contribution in [0.1, 0.15) is 47.5 Å². The maximum absolute atomic E-state index is 12.7. The van der Waals surface area contributed by atoms with Gasteiger partial charge in [0.2, 0.25) is 0 Å². The van der Waals surface area contributed by atoms with Crippen LogP contribution in [0.2, 0.25) is 0 Å². The number of carbonyl (C=O) groups excluding carboxylic acids is 1. The zero-order valence-corrected chi connectivity index (χ0v) is 16.4. The van der Waals surface area contributed by atoms with Crippen LogP contribution in [0, 0.1) is 0 Å². The fraction of sp³-hybridized carbons (Fsp3) is 0.261. The summed E-state index contributed by atoms with van der Waals surface area (Å²) in [5.41, 5.74) is 4.00. The quantitative estimate of drug-likeness (QED) is 0.705. The Balaban J connectivity index is 1.67. The molecule has 1 N–H and O–H groups in total. The van der Waals surface area contributed by atoms with E-state index in [1.807, 2.05) is 54.6 Å². The second kappa shape index (κ2) is 8.76. The predicted molar refractivity (Wildman–Crippen MR) is 110 cm³/mol. The molecule has 3 rings (SSSR count). The van der Waals surface area contributed by atoms with E-state index >= 15 is 0 Å². The second-order valence-corrected chi connectivity index (χ2v) is 7.19. The molecule has 3 aromatic rings. The Morgan fingerprint density at radius 1 is 0.964 bits per heavy atom. The first-order chi connectivity index (χ1) is 13.5. The lowest BCUT2D eigenvalue weighted by Crippen LogP contribution is -2.31. The molecule has 0 fully saturated rings. The van der Waals surface area contributed by atoms with Crippen LogP contribution in [-0.2, 0) is 0 Å². The van der Waals surface area contributed by atoms with E-state index < -0.39 is 6.10 Å². The van der Waals surface area contributed by atoms with E-state index in [-0.39, 0.29) is 12.5 Å². The number of nitrogens with zero attached hydrogens (tertiary/aromatic N) is 3. The normalized spacial score (nSPS) is 12.0. The average Bonchev–Trinajstić information content (AvgIpc) is 2.74. The molecule has 1 aromatic heterocycles. The molecule has 5 nitrogen and oxygen atoms in total. The third-order valence-electron chi connectivity index (χ3n) is 4.68. The van der Waals surface area contributed by atoms with Gasteiger partial charge in [0.1, 0.15) is 0 Å². The van der Waals surface area contributed by atoms with Gasteiger partial charge in [0.25, 0.3) is 5.91 Å². The molecule has 0 aliphatic carbocycles. The molecule has 0 radical (unpaired) electrons. The summed E-state index contributed by atoms with van der Waals surface area (Å²) in [5.74, 6) is 0.200. The highest BCUT2D eigenvalue weighted by molar-refractivity contribution is 5.94. The van der Waals surface area contributed by atoms with Crippen molar-refractivity contribution in [3.63, 3.8) is 0 Å². The number of hydrogen-bond acceptors (Lipinski definition) is 4. The number of likely N-dealkylation sites (N-methyl/N-ethyl adjacent to an activating group) is 1. The van der Waals surface area contributed by atoms with Crippen LogP contribution in [0.25, 0.3) is 11.3 Å². The van der Waals surface area contributed by atoms with E-state index in [1.165, 1.54) is 4.90 Å². The smallest absolute Gasteiger partial charge is 0.253 e. The van der Waals surface area contributed by atoms with Crippen molar-refractivity contribution in [3.05, 3.63) is 83.6 Å². The molecule has 1 atom stereocenters. The lowest BCUT2D eigenvalue weighted by atomic mass is 10.1. The minimum Gasteiger partial charge on any atom is -0.387 e. The second-order valence-electron chi connectivity index (χ2n) is 7.19. The summed E-state index contributed by atoms with van der Waals surface area (Å²) in [6, 6.07) is 20.6. The van der Waals surface area contributed by atoms with Gasteiger partial charge in [-0.25, -0.2) is 0 Å². The Labute approximate surface area is 165 Å². The van der Waals surface area contributed by atoms with Crippen LogP contribution in [0.5, 0.6) is 0 Å². The Hall–Kier alpha value is -3.05. The number of benzene rings is 2. The summed E-state index contributed by atoms with van der Waals surface area (Å²) >= 11 is 0. The zero-order valence-electron chi connectivity index (χ0n) is 16.4. The lowest BCUT2D eigenvalue weighted by Gasteiger charge is -2.21. The number of aromatic nitrogens is 2. The van der Waals surface area contributed by atoms with Gasteiger partial charge in [-0.1, -0.05) is 56.3 Å². The number of aliphatic hydroxyl groups is 1. The van der Waals surface area contributed by atoms with Crippen LogP contribution in [-0.4, -0.2) is 39.7 Å². The van der Waals surface area contributed by atoms with Crippen molar-refractivity contribution in [1.82, 2.24) is 15.1 Å². The van der Waals surface area contributed by atoms with Crippen molar-refractivity contribution in [2.45, 2.75) is 25.9 Å². The van der Waals surface area contributed by atoms with Gasteiger partial charge in [-0.3, -0.25) is 4.79 Å². The van der Waals surface area contributed by atoms with Gasteiger partial charge >= 0.3 is 0 Å². The van der Waals surface area contributed by atoms with Gasteiger partial charge in [-0.2, -0.15) is 10.2 Å². The third kappa shape index (κ3) is 4.61. The topological polar surface area (TPSA) is 66.3 Å². The maximum Gasteiger partial charge on any atom is 0.253 e. The minimum atomic E-state index is -0.718. The molecule has 2 aromatic carbocycles. The molecule has 1 amide bonds. The first-order valence-corrected chi connectivity index (χ1v) is 9.38. The van der Waals surface area contributed by atoms with Crippen molar-refractivity contribution >= 4 is 5.91 Å². The van der Waals surface area contributed by atoms with Crippen LogP contribution in [0.15, 0.2) is 66.7 Å². The summed E-state index contributed by atoms with van der Waals surface area (Å²) < 4.78 is 0. The summed E-state index contributed by atoms with van der Waals surface area (Å²) in [7, 11) is 1.69. The number of aliphatic hydroxyl groups excluding tert-OH is 1. The van der Waals surface area contributed by atoms with E-state index in [4.69, 9.17) is 0 Å². The van der Waals surface area contributed by atoms with E-state index in [0.29, 0.717) is 11.5 Å². The first kappa shape index (κ1) is 19.7. The highest BCUT2D eigenvalue weighted by Crippen LogP contribution is 2.20. The standard InChI is InChI=1S/C23H25N3O2/c1-16(2)20-13-14-21(25-24-20)17-9-11-19(12-10-17)23(28)26(3)15-22(27)18-7-5-4-6-8-18/h4-14,16,22,27H,15H2,1-3H3. The molecule has 1 heterocycles. The molecule has 0 saturated heterocycles. The monoisotopic (exact) mass is 375 g/mol. The van der Waals surface area contributed by atoms with Gasteiger partial charge in [-0.15, -0.1) is 0 Å². The van der Waals surface area contributed by atoms with Gasteiger partial charge < -0.3 is 10.0 Å². The maximum atomic E-state index is 12.7. The number of amides is 1. The van der Waals surface area contributed by atoms with Gasteiger partial charge in [-0.05, 0) is 35.7 Å². The SMILES string of the molecule is CC(C)c1ccc(-c2ccc(C(=O)N(C)CC(O)c3ccccc3)cc2)nn1. The Kier molecular flexibility index (Phi) is 6.16. The third-order valence-corrected chi connectivity index (χ3v) is 4.68. The Morgan fingerprint density at radius 3 is 2.21 bits per heavy atom. The van der Waals surface area contributed by atoms with E-state index in [1.54, 1.807) is 19.2 Å². The van der Waals surface area contributed by atoms with E-state index in [0.717, 1.165) is 22.5 Å². The van der Waals surface area contributed by atoms with Crippen LogP contribution < -0.4 is 0 Å². The van der Waals surface area contributed by atoms with Crippen molar-refractivity contribution in [2.75, 3.05) is 13.6 Å². The lowest BCUT2D eigenvalue weighted by molar-refractivity contribution is 0.0681. The molecule has 0 bridgehead atoms. The van der Waals surface area contributed by atoms with E-state index in [2.05, 4.69) is 24.0 Å². The molecule has 0 aliphatic heterocycles. The van der Waals surface area contributed by atoms with Crippen molar-refractivity contribution in [3.8, 4) is 11.3 Å². The molecule has 5 heteroatoms. The summed E-state index contributed by atoms with van der Waals surface area (Å²) in [6.07, 6.45) is -0.718. The van der Waals surface area contributed by atoms with Crippen molar-refractivity contribution in [1.29, 1.82) is 0 Å². The largest absolute Gasteiger partial charge is 0.387 e. The van der Waals surface area contributed by atoms with Gasteiger partial charge in [0.15, 0.2) is 0 Å². The summed E-state index contributed by atoms with van der Waals surface area (Å²) in [4.78, 5) is 14.2. The fourth-order valence-corrected chi connectivity index (χ4v) is 2.93. The first-order valence-electron chi connectivity index (χ1n) is 9.38. The molecule has 0 spiro atoms. The molecule has 144 valence electrons. The highest BCUT2D eigenvalue weighted by atomic mass is 16.3. The minimum absolute atomic E-state index is 0.136. The van der Waals surface area contributed by atoms with Crippen molar-refractivity contribution < 1.29 is 9.90 Å². The molecule has 28 heavy (non-hydrogen) atoms. The summed E-state index contributed by atoms with van der Waals surface area (Å²) in [5, 5.41) is 18.9. The molecule has 1 unspecified atom stereocenters. The summed E-state index contributed by atoms with van der Waals surface area (Å²) in [6.45, 7) is 4.39. The molecule has 0 aliphatic rings. The number of hydrogen-bond donors (Lipinski definition) is 1.